The molecule has 0 radical (unpaired) electrons. The van der Waals surface area contributed by atoms with E-state index in [1.54, 1.807) is 0 Å². The Labute approximate surface area is 145 Å². The summed E-state index contributed by atoms with van der Waals surface area (Å²) in [6, 6.07) is 21.4. The number of para-hydroxylation sites is 1. The smallest absolute Gasteiger partial charge is 0.234 e. The zero-order chi connectivity index (χ0) is 16.6. The summed E-state index contributed by atoms with van der Waals surface area (Å²) in [5.41, 5.74) is 2.59. The average Bonchev–Trinajstić information content (AvgIpc) is 3.03. The molecule has 2 aromatic carbocycles. The van der Waals surface area contributed by atoms with E-state index in [4.69, 9.17) is 0 Å². The van der Waals surface area contributed by atoms with E-state index in [0.29, 0.717) is 0 Å². The van der Waals surface area contributed by atoms with E-state index in [0.717, 1.165) is 13.0 Å². The van der Waals surface area contributed by atoms with Gasteiger partial charge in [-0.2, -0.15) is 4.57 Å². The quantitative estimate of drug-likeness (QED) is 0.411. The fourth-order valence-electron chi connectivity index (χ4n) is 3.16. The molecule has 0 spiro atoms. The van der Waals surface area contributed by atoms with Crippen molar-refractivity contribution in [2.75, 3.05) is 0 Å². The lowest BCUT2D eigenvalue weighted by atomic mass is 10.1. The molecule has 0 aliphatic carbocycles. The summed E-state index contributed by atoms with van der Waals surface area (Å²) in [6.07, 6.45) is 10.6. The van der Waals surface area contributed by atoms with E-state index < -0.39 is 0 Å². The number of benzene rings is 2. The number of hydrogen-bond donors (Lipinski definition) is 0. The highest BCUT2D eigenvalue weighted by molar-refractivity contribution is 5.33. The zero-order valence-electron chi connectivity index (χ0n) is 14.6. The van der Waals surface area contributed by atoms with Gasteiger partial charge in [0.2, 0.25) is 0 Å². The van der Waals surface area contributed by atoms with E-state index in [-0.39, 0.29) is 0 Å². The van der Waals surface area contributed by atoms with Crippen LogP contribution in [0.5, 0.6) is 0 Å². The van der Waals surface area contributed by atoms with E-state index in [1.165, 1.54) is 42.8 Å². The van der Waals surface area contributed by atoms with E-state index >= 15 is 0 Å². The third kappa shape index (κ3) is 4.14. The normalized spacial score (nSPS) is 10.9. The summed E-state index contributed by atoms with van der Waals surface area (Å²) in [5.74, 6) is 1.35. The van der Waals surface area contributed by atoms with Crippen LogP contribution >= 0.6 is 0 Å². The van der Waals surface area contributed by atoms with Crippen LogP contribution in [0.3, 0.4) is 0 Å². The van der Waals surface area contributed by atoms with Crippen LogP contribution in [0.2, 0.25) is 0 Å². The molecule has 2 heteroatoms. The van der Waals surface area contributed by atoms with Gasteiger partial charge >= 0.3 is 0 Å². The number of nitrogens with zero attached hydrogens (tertiary/aromatic N) is 2. The van der Waals surface area contributed by atoms with Crippen LogP contribution in [0.15, 0.2) is 73.1 Å². The molecule has 0 N–H and O–H groups in total. The molecule has 0 bridgehead atoms. The minimum Gasteiger partial charge on any atom is -0.234 e. The van der Waals surface area contributed by atoms with Gasteiger partial charge in [0.25, 0.3) is 5.82 Å². The number of rotatable bonds is 8. The Hall–Kier alpha value is -2.35. The second kappa shape index (κ2) is 8.49. The standard InChI is InChI=1S/C22H27N2/c1-2-3-4-11-16-23-17-18-24(21-14-9-6-10-15-21)22(23)19-20-12-7-5-8-13-20/h5-10,12-15,17-18H,2-4,11,16,19H2,1H3/q+1. The molecule has 124 valence electrons. The summed E-state index contributed by atoms with van der Waals surface area (Å²) < 4.78 is 4.75. The number of imidazole rings is 1. The Bertz CT molecular complexity index is 729. The van der Waals surface area contributed by atoms with Gasteiger partial charge in [0, 0.05) is 0 Å². The third-order valence-corrected chi connectivity index (χ3v) is 4.50. The van der Waals surface area contributed by atoms with Crippen molar-refractivity contribution in [1.29, 1.82) is 0 Å². The van der Waals surface area contributed by atoms with Crippen molar-refractivity contribution in [2.45, 2.75) is 45.6 Å². The molecule has 0 amide bonds. The summed E-state index contributed by atoms with van der Waals surface area (Å²) in [7, 11) is 0. The third-order valence-electron chi connectivity index (χ3n) is 4.50. The molecule has 0 unspecified atom stereocenters. The lowest BCUT2D eigenvalue weighted by molar-refractivity contribution is -0.703. The molecule has 0 aliphatic heterocycles. The van der Waals surface area contributed by atoms with Crippen LogP contribution < -0.4 is 4.57 Å². The maximum Gasteiger partial charge on any atom is 0.266 e. The fraction of sp³-hybridized carbons (Fsp3) is 0.318. The molecule has 3 aromatic rings. The molecule has 0 saturated carbocycles. The first kappa shape index (κ1) is 16.5. The van der Waals surface area contributed by atoms with E-state index in [9.17, 15) is 0 Å². The Morgan fingerprint density at radius 1 is 0.833 bits per heavy atom. The maximum absolute atomic E-state index is 2.43. The first-order valence-corrected chi connectivity index (χ1v) is 9.07. The van der Waals surface area contributed by atoms with Crippen molar-refractivity contribution in [3.63, 3.8) is 0 Å². The number of aryl methyl sites for hydroxylation is 1. The van der Waals surface area contributed by atoms with Crippen molar-refractivity contribution < 1.29 is 4.57 Å². The highest BCUT2D eigenvalue weighted by atomic mass is 15.1. The number of aromatic nitrogens is 2. The first-order valence-electron chi connectivity index (χ1n) is 9.07. The van der Waals surface area contributed by atoms with Crippen molar-refractivity contribution in [1.82, 2.24) is 4.57 Å². The van der Waals surface area contributed by atoms with Crippen molar-refractivity contribution in [2.24, 2.45) is 0 Å². The van der Waals surface area contributed by atoms with Gasteiger partial charge in [-0.1, -0.05) is 68.3 Å². The van der Waals surface area contributed by atoms with E-state index in [2.05, 4.69) is 89.1 Å². The lowest BCUT2D eigenvalue weighted by Gasteiger charge is -2.06. The highest BCUT2D eigenvalue weighted by Gasteiger charge is 2.18. The zero-order valence-corrected chi connectivity index (χ0v) is 14.6. The van der Waals surface area contributed by atoms with Crippen LogP contribution in [-0.2, 0) is 13.0 Å². The first-order chi connectivity index (χ1) is 11.9. The van der Waals surface area contributed by atoms with Crippen LogP contribution in [-0.4, -0.2) is 4.57 Å². The Morgan fingerprint density at radius 2 is 1.54 bits per heavy atom. The van der Waals surface area contributed by atoms with Crippen LogP contribution in [0.1, 0.15) is 44.0 Å². The van der Waals surface area contributed by atoms with Gasteiger partial charge in [-0.05, 0) is 30.5 Å². The van der Waals surface area contributed by atoms with Gasteiger partial charge in [-0.15, -0.1) is 0 Å². The predicted octanol–water partition coefficient (Wildman–Crippen LogP) is 4.94. The van der Waals surface area contributed by atoms with Crippen LogP contribution in [0.25, 0.3) is 5.69 Å². The molecule has 3 rings (SSSR count). The predicted molar refractivity (Wildman–Crippen MR) is 99.4 cm³/mol. The van der Waals surface area contributed by atoms with Gasteiger partial charge in [-0.3, -0.25) is 0 Å². The van der Waals surface area contributed by atoms with Crippen molar-refractivity contribution in [3.8, 4) is 5.69 Å². The molecular formula is C22H27N2+. The van der Waals surface area contributed by atoms with Gasteiger partial charge in [-0.25, -0.2) is 4.57 Å². The van der Waals surface area contributed by atoms with Crippen LogP contribution in [0, 0.1) is 0 Å². The lowest BCUT2D eigenvalue weighted by Crippen LogP contribution is -2.37. The monoisotopic (exact) mass is 319 g/mol. The van der Waals surface area contributed by atoms with Crippen LogP contribution in [0.4, 0.5) is 0 Å². The van der Waals surface area contributed by atoms with Gasteiger partial charge in [0.15, 0.2) is 0 Å². The second-order valence-corrected chi connectivity index (χ2v) is 6.34. The minimum absolute atomic E-state index is 0.955. The molecule has 24 heavy (non-hydrogen) atoms. The molecule has 2 nitrogen and oxygen atoms in total. The summed E-state index contributed by atoms with van der Waals surface area (Å²) in [4.78, 5) is 0. The molecular weight excluding hydrogens is 292 g/mol. The number of hydrogen-bond acceptors (Lipinski definition) is 0. The van der Waals surface area contributed by atoms with Crippen molar-refractivity contribution >= 4 is 0 Å². The molecule has 1 heterocycles. The summed E-state index contributed by atoms with van der Waals surface area (Å²) >= 11 is 0. The Kier molecular flexibility index (Phi) is 5.84. The van der Waals surface area contributed by atoms with Crippen molar-refractivity contribution in [3.05, 3.63) is 84.4 Å². The molecule has 0 atom stereocenters. The topological polar surface area (TPSA) is 8.81 Å². The van der Waals surface area contributed by atoms with Gasteiger partial charge in [0.05, 0.1) is 13.0 Å². The summed E-state index contributed by atoms with van der Waals surface area (Å²) in [6.45, 7) is 3.36. The number of unbranched alkanes of at least 4 members (excludes halogenated alkanes) is 3. The Morgan fingerprint density at radius 3 is 2.25 bits per heavy atom. The molecule has 0 saturated heterocycles. The minimum atomic E-state index is 0.955. The molecule has 0 fully saturated rings. The molecule has 1 aromatic heterocycles. The fourth-order valence-corrected chi connectivity index (χ4v) is 3.16. The SMILES string of the molecule is CCCCCC[n+]1ccn(-c2ccccc2)c1Cc1ccccc1. The summed E-state index contributed by atoms with van der Waals surface area (Å²) in [5, 5.41) is 0. The molecule has 0 aliphatic rings. The largest absolute Gasteiger partial charge is 0.266 e. The average molecular weight is 319 g/mol. The highest BCUT2D eigenvalue weighted by Crippen LogP contribution is 2.13. The Balaban J connectivity index is 1.87. The van der Waals surface area contributed by atoms with E-state index in [1.807, 2.05) is 0 Å². The van der Waals surface area contributed by atoms with Gasteiger partial charge in [0.1, 0.15) is 18.1 Å². The second-order valence-electron chi connectivity index (χ2n) is 6.34. The maximum atomic E-state index is 2.43. The van der Waals surface area contributed by atoms with Gasteiger partial charge < -0.3 is 0 Å².